The van der Waals surface area contributed by atoms with E-state index in [1.807, 2.05) is 0 Å². The van der Waals surface area contributed by atoms with Gasteiger partial charge in [0.1, 0.15) is 0 Å². The number of hydrogen-bond acceptors (Lipinski definition) is 2. The van der Waals surface area contributed by atoms with Gasteiger partial charge >= 0.3 is 29.6 Å². The third-order valence-electron chi connectivity index (χ3n) is 0.515. The maximum absolute atomic E-state index is 9.59. The van der Waals surface area contributed by atoms with Crippen LogP contribution >= 0.6 is 11.6 Å². The Hall–Kier alpha value is 0.760. The minimum atomic E-state index is -1.03. The summed E-state index contributed by atoms with van der Waals surface area (Å²) in [6.45, 7) is 0. The summed E-state index contributed by atoms with van der Waals surface area (Å²) in [7, 11) is 0. The SMILES string of the molecule is O=C([O-])CCCCl.[Na+]. The first-order chi connectivity index (χ1) is 3.27. The molecule has 4 heteroatoms. The fourth-order valence-corrected chi connectivity index (χ4v) is 0.345. The van der Waals surface area contributed by atoms with Gasteiger partial charge in [0.2, 0.25) is 0 Å². The van der Waals surface area contributed by atoms with Crippen molar-refractivity contribution in [3.05, 3.63) is 0 Å². The molecule has 0 saturated carbocycles. The van der Waals surface area contributed by atoms with Crippen LogP contribution in [-0.2, 0) is 4.79 Å². The number of carboxylic acids is 1. The smallest absolute Gasteiger partial charge is 0.550 e. The van der Waals surface area contributed by atoms with Crippen LogP contribution in [0.15, 0.2) is 0 Å². The van der Waals surface area contributed by atoms with Gasteiger partial charge in [-0.05, 0) is 12.8 Å². The summed E-state index contributed by atoms with van der Waals surface area (Å²) >= 11 is 5.15. The molecule has 0 fully saturated rings. The largest absolute Gasteiger partial charge is 1.00 e. The molecule has 0 aliphatic rings. The predicted molar refractivity (Wildman–Crippen MR) is 25.0 cm³/mol. The van der Waals surface area contributed by atoms with Gasteiger partial charge in [-0.25, -0.2) is 0 Å². The van der Waals surface area contributed by atoms with Gasteiger partial charge in [0.25, 0.3) is 0 Å². The number of carbonyl (C=O) groups is 1. The van der Waals surface area contributed by atoms with Crippen molar-refractivity contribution in [2.75, 3.05) is 5.88 Å². The molecule has 0 atom stereocenters. The number of halogens is 1. The van der Waals surface area contributed by atoms with E-state index in [0.29, 0.717) is 12.3 Å². The monoisotopic (exact) mass is 144 g/mol. The van der Waals surface area contributed by atoms with Crippen LogP contribution in [0.1, 0.15) is 12.8 Å². The van der Waals surface area contributed by atoms with E-state index in [1.54, 1.807) is 0 Å². The number of carbonyl (C=O) groups excluding carboxylic acids is 1. The molecular formula is C4H6ClNaO2. The van der Waals surface area contributed by atoms with E-state index in [-0.39, 0.29) is 36.0 Å². The van der Waals surface area contributed by atoms with E-state index in [2.05, 4.69) is 0 Å². The molecule has 0 unspecified atom stereocenters. The van der Waals surface area contributed by atoms with Gasteiger partial charge in [-0.2, -0.15) is 0 Å². The maximum atomic E-state index is 9.59. The Morgan fingerprint density at radius 1 is 1.62 bits per heavy atom. The summed E-state index contributed by atoms with van der Waals surface area (Å²) in [6.07, 6.45) is 0.577. The summed E-state index contributed by atoms with van der Waals surface area (Å²) in [4.78, 5) is 9.59. The average Bonchev–Trinajstić information content (AvgIpc) is 1.61. The van der Waals surface area contributed by atoms with Crippen molar-refractivity contribution in [2.24, 2.45) is 0 Å². The molecule has 0 bridgehead atoms. The topological polar surface area (TPSA) is 40.1 Å². The van der Waals surface area contributed by atoms with E-state index in [4.69, 9.17) is 11.6 Å². The van der Waals surface area contributed by atoms with Crippen LogP contribution in [0.3, 0.4) is 0 Å². The molecule has 0 rings (SSSR count). The Balaban J connectivity index is 0. The molecule has 0 saturated heterocycles. The zero-order valence-corrected chi connectivity index (χ0v) is 7.57. The van der Waals surface area contributed by atoms with Crippen LogP contribution in [0.4, 0.5) is 0 Å². The van der Waals surface area contributed by atoms with Gasteiger partial charge in [-0.3, -0.25) is 0 Å². The second kappa shape index (κ2) is 7.76. The average molecular weight is 145 g/mol. The van der Waals surface area contributed by atoms with Crippen molar-refractivity contribution in [3.8, 4) is 0 Å². The molecule has 0 amide bonds. The molecular weight excluding hydrogens is 138 g/mol. The zero-order chi connectivity index (χ0) is 5.70. The molecule has 0 aromatic rings. The summed E-state index contributed by atoms with van der Waals surface area (Å²) in [5.41, 5.74) is 0. The number of rotatable bonds is 3. The summed E-state index contributed by atoms with van der Waals surface area (Å²) in [5.74, 6) is -0.630. The van der Waals surface area contributed by atoms with Crippen LogP contribution in [0.5, 0.6) is 0 Å². The fraction of sp³-hybridized carbons (Fsp3) is 0.750. The molecule has 0 aromatic heterocycles. The van der Waals surface area contributed by atoms with Gasteiger partial charge in [0.15, 0.2) is 0 Å². The molecule has 0 aliphatic heterocycles. The number of aliphatic carboxylic acids is 1. The minimum Gasteiger partial charge on any atom is -0.550 e. The predicted octanol–water partition coefficient (Wildman–Crippen LogP) is -3.24. The molecule has 0 heterocycles. The van der Waals surface area contributed by atoms with Crippen LogP contribution in [0.25, 0.3) is 0 Å². The van der Waals surface area contributed by atoms with Crippen molar-refractivity contribution in [3.63, 3.8) is 0 Å². The number of alkyl halides is 1. The first-order valence-corrected chi connectivity index (χ1v) is 2.56. The first-order valence-electron chi connectivity index (χ1n) is 2.03. The number of carboxylic acid groups (broad SMARTS) is 1. The van der Waals surface area contributed by atoms with Crippen LogP contribution < -0.4 is 34.7 Å². The Bertz CT molecular complexity index is 67.1. The molecule has 42 valence electrons. The normalized spacial score (nSPS) is 7.62. The summed E-state index contributed by atoms with van der Waals surface area (Å²) in [6, 6.07) is 0. The van der Waals surface area contributed by atoms with E-state index < -0.39 is 5.97 Å². The van der Waals surface area contributed by atoms with Crippen molar-refractivity contribution in [1.29, 1.82) is 0 Å². The molecule has 0 N–H and O–H groups in total. The van der Waals surface area contributed by atoms with Crippen molar-refractivity contribution in [1.82, 2.24) is 0 Å². The molecule has 0 spiro atoms. The first kappa shape index (κ1) is 11.5. The van der Waals surface area contributed by atoms with Crippen molar-refractivity contribution in [2.45, 2.75) is 12.8 Å². The number of hydrogen-bond donors (Lipinski definition) is 0. The van der Waals surface area contributed by atoms with Crippen LogP contribution in [-0.4, -0.2) is 11.8 Å². The Labute approximate surface area is 75.5 Å². The van der Waals surface area contributed by atoms with Gasteiger partial charge in [0.05, 0.1) is 0 Å². The van der Waals surface area contributed by atoms with Gasteiger partial charge in [-0.1, -0.05) is 0 Å². The van der Waals surface area contributed by atoms with Crippen molar-refractivity contribution >= 4 is 17.6 Å². The quantitative estimate of drug-likeness (QED) is 0.309. The molecule has 0 aliphatic carbocycles. The van der Waals surface area contributed by atoms with Gasteiger partial charge in [0, 0.05) is 11.8 Å². The zero-order valence-electron chi connectivity index (χ0n) is 4.82. The van der Waals surface area contributed by atoms with Crippen LogP contribution in [0, 0.1) is 0 Å². The molecule has 2 nitrogen and oxygen atoms in total. The molecule has 8 heavy (non-hydrogen) atoms. The maximum Gasteiger partial charge on any atom is 1.00 e. The standard InChI is InChI=1S/C4H7ClO2.Na/c5-3-1-2-4(6)7;/h1-3H2,(H,6,7);/q;+1/p-1. The molecule has 0 aromatic carbocycles. The van der Waals surface area contributed by atoms with E-state index in [1.165, 1.54) is 0 Å². The van der Waals surface area contributed by atoms with Gasteiger partial charge in [-0.15, -0.1) is 11.6 Å². The third kappa shape index (κ3) is 9.90. The Kier molecular flexibility index (Phi) is 11.2. The minimum absolute atomic E-state index is 0. The third-order valence-corrected chi connectivity index (χ3v) is 0.782. The second-order valence-electron chi connectivity index (χ2n) is 1.16. The summed E-state index contributed by atoms with van der Waals surface area (Å²) in [5, 5.41) is 9.59. The van der Waals surface area contributed by atoms with E-state index >= 15 is 0 Å². The van der Waals surface area contributed by atoms with Gasteiger partial charge < -0.3 is 9.90 Å². The Morgan fingerprint density at radius 2 is 2.12 bits per heavy atom. The van der Waals surface area contributed by atoms with E-state index in [9.17, 15) is 9.90 Å². The van der Waals surface area contributed by atoms with Crippen LogP contribution in [0.2, 0.25) is 0 Å². The summed E-state index contributed by atoms with van der Waals surface area (Å²) < 4.78 is 0. The van der Waals surface area contributed by atoms with Crippen molar-refractivity contribution < 1.29 is 39.5 Å². The fourth-order valence-electron chi connectivity index (χ4n) is 0.211. The Morgan fingerprint density at radius 3 is 2.25 bits per heavy atom. The molecule has 0 radical (unpaired) electrons. The second-order valence-corrected chi connectivity index (χ2v) is 1.54. The van der Waals surface area contributed by atoms with E-state index in [0.717, 1.165) is 0 Å².